The molecule has 0 aliphatic carbocycles. The molecule has 0 spiro atoms. The minimum Gasteiger partial charge on any atom is -0.231 e. The molecule has 61 heavy (non-hydrogen) atoms. The SMILES string of the molecule is c1ccc(-c2nc(-c3ccc(-c4c(-c5ccccc5)n5ncc(-c6ccccc6)c5c5ccccc45)cc3)cc(-c3ccc4c5ccccc5c5ccccc5c4c3)n2)cc1. The quantitative estimate of drug-likeness (QED) is 0.158. The molecule has 0 aliphatic rings. The molecule has 9 aromatic carbocycles. The summed E-state index contributed by atoms with van der Waals surface area (Å²) in [4.78, 5) is 10.4. The molecule has 0 N–H and O–H groups in total. The number of rotatable bonds is 6. The van der Waals surface area contributed by atoms with E-state index in [1.54, 1.807) is 0 Å². The zero-order valence-electron chi connectivity index (χ0n) is 33.1. The second-order valence-electron chi connectivity index (χ2n) is 15.6. The van der Waals surface area contributed by atoms with Gasteiger partial charge in [0.1, 0.15) is 0 Å². The number of fused-ring (bicyclic) bond motifs is 9. The van der Waals surface area contributed by atoms with Gasteiger partial charge in [-0.1, -0.05) is 200 Å². The smallest absolute Gasteiger partial charge is 0.160 e. The maximum Gasteiger partial charge on any atom is 0.160 e. The normalized spacial score (nSPS) is 11.6. The van der Waals surface area contributed by atoms with Crippen molar-refractivity contribution < 1.29 is 0 Å². The lowest BCUT2D eigenvalue weighted by molar-refractivity contribution is 0.976. The Bertz CT molecular complexity index is 3580. The van der Waals surface area contributed by atoms with Gasteiger partial charge in [-0.05, 0) is 61.0 Å². The molecule has 0 amide bonds. The molecule has 0 saturated heterocycles. The van der Waals surface area contributed by atoms with Crippen LogP contribution < -0.4 is 0 Å². The number of nitrogens with zero attached hydrogens (tertiary/aromatic N) is 4. The van der Waals surface area contributed by atoms with Gasteiger partial charge in [0, 0.05) is 38.8 Å². The lowest BCUT2D eigenvalue weighted by Gasteiger charge is -2.18. The van der Waals surface area contributed by atoms with Crippen LogP contribution in [0.2, 0.25) is 0 Å². The van der Waals surface area contributed by atoms with Crippen molar-refractivity contribution in [2.75, 3.05) is 0 Å². The van der Waals surface area contributed by atoms with Crippen molar-refractivity contribution in [3.63, 3.8) is 0 Å². The van der Waals surface area contributed by atoms with Crippen LogP contribution in [-0.2, 0) is 0 Å². The third kappa shape index (κ3) is 5.80. The van der Waals surface area contributed by atoms with E-state index in [1.807, 2.05) is 24.4 Å². The first-order valence-corrected chi connectivity index (χ1v) is 20.7. The zero-order valence-corrected chi connectivity index (χ0v) is 33.1. The summed E-state index contributed by atoms with van der Waals surface area (Å²) in [5, 5.41) is 14.9. The number of benzene rings is 9. The Labute approximate surface area is 352 Å². The fourth-order valence-electron chi connectivity index (χ4n) is 9.24. The van der Waals surface area contributed by atoms with Gasteiger partial charge >= 0.3 is 0 Å². The third-order valence-electron chi connectivity index (χ3n) is 12.1. The Morgan fingerprint density at radius 3 is 1.39 bits per heavy atom. The molecule has 0 fully saturated rings. The molecule has 0 bridgehead atoms. The summed E-state index contributed by atoms with van der Waals surface area (Å²) in [6.45, 7) is 0. The number of hydrogen-bond acceptors (Lipinski definition) is 3. The van der Waals surface area contributed by atoms with E-state index in [9.17, 15) is 0 Å². The minimum atomic E-state index is 0.691. The van der Waals surface area contributed by atoms with E-state index >= 15 is 0 Å². The summed E-state index contributed by atoms with van der Waals surface area (Å²) in [6.07, 6.45) is 2.01. The van der Waals surface area contributed by atoms with Crippen molar-refractivity contribution in [1.82, 2.24) is 19.6 Å². The summed E-state index contributed by atoms with van der Waals surface area (Å²) >= 11 is 0. The van der Waals surface area contributed by atoms with Gasteiger partial charge in [0.25, 0.3) is 0 Å². The molecular formula is C57H36N4. The molecule has 0 radical (unpaired) electrons. The molecule has 3 aromatic heterocycles. The molecule has 0 atom stereocenters. The number of pyridine rings is 1. The first kappa shape index (κ1) is 34.8. The molecule has 0 aliphatic heterocycles. The first-order chi connectivity index (χ1) is 30.3. The van der Waals surface area contributed by atoms with Crippen LogP contribution in [0.15, 0.2) is 219 Å². The highest BCUT2D eigenvalue weighted by Gasteiger charge is 2.22. The van der Waals surface area contributed by atoms with Crippen LogP contribution in [-0.4, -0.2) is 19.6 Å². The number of aromatic nitrogens is 4. The van der Waals surface area contributed by atoms with Gasteiger partial charge in [-0.3, -0.25) is 0 Å². The van der Waals surface area contributed by atoms with Crippen molar-refractivity contribution in [3.05, 3.63) is 219 Å². The molecule has 0 saturated carbocycles. The summed E-state index contributed by atoms with van der Waals surface area (Å²) in [7, 11) is 0. The van der Waals surface area contributed by atoms with E-state index in [-0.39, 0.29) is 0 Å². The van der Waals surface area contributed by atoms with E-state index in [0.717, 1.165) is 72.5 Å². The maximum atomic E-state index is 5.23. The van der Waals surface area contributed by atoms with Crippen LogP contribution in [0.1, 0.15) is 0 Å². The van der Waals surface area contributed by atoms with Crippen LogP contribution in [0, 0.1) is 0 Å². The van der Waals surface area contributed by atoms with Gasteiger partial charge in [0.2, 0.25) is 0 Å². The highest BCUT2D eigenvalue weighted by molar-refractivity contribution is 6.25. The third-order valence-corrected chi connectivity index (χ3v) is 12.1. The average molecular weight is 777 g/mol. The Balaban J connectivity index is 1.04. The highest BCUT2D eigenvalue weighted by atomic mass is 15.2. The average Bonchev–Trinajstić information content (AvgIpc) is 3.80. The second-order valence-corrected chi connectivity index (χ2v) is 15.6. The molecule has 0 unspecified atom stereocenters. The highest BCUT2D eigenvalue weighted by Crippen LogP contribution is 2.43. The lowest BCUT2D eigenvalue weighted by atomic mass is 9.91. The van der Waals surface area contributed by atoms with Crippen molar-refractivity contribution in [3.8, 4) is 67.4 Å². The fourth-order valence-corrected chi connectivity index (χ4v) is 9.24. The molecule has 4 nitrogen and oxygen atoms in total. The summed E-state index contributed by atoms with van der Waals surface area (Å²) < 4.78 is 2.14. The van der Waals surface area contributed by atoms with Crippen molar-refractivity contribution in [2.45, 2.75) is 0 Å². The summed E-state index contributed by atoms with van der Waals surface area (Å²) in [5.41, 5.74) is 12.5. The topological polar surface area (TPSA) is 43.1 Å². The van der Waals surface area contributed by atoms with E-state index in [4.69, 9.17) is 15.1 Å². The van der Waals surface area contributed by atoms with Gasteiger partial charge in [0.15, 0.2) is 5.82 Å². The van der Waals surface area contributed by atoms with Gasteiger partial charge in [-0.25, -0.2) is 14.5 Å². The minimum absolute atomic E-state index is 0.691. The van der Waals surface area contributed by atoms with Crippen LogP contribution in [0.25, 0.3) is 116 Å². The van der Waals surface area contributed by atoms with E-state index in [2.05, 4.69) is 199 Å². The second kappa shape index (κ2) is 14.3. The van der Waals surface area contributed by atoms with Crippen molar-refractivity contribution in [2.24, 2.45) is 0 Å². The maximum absolute atomic E-state index is 5.23. The van der Waals surface area contributed by atoms with Gasteiger partial charge in [-0.2, -0.15) is 5.10 Å². The largest absolute Gasteiger partial charge is 0.231 e. The Kier molecular flexibility index (Phi) is 8.13. The van der Waals surface area contributed by atoms with Crippen LogP contribution in [0.5, 0.6) is 0 Å². The monoisotopic (exact) mass is 776 g/mol. The first-order valence-electron chi connectivity index (χ1n) is 20.7. The Morgan fingerprint density at radius 1 is 0.311 bits per heavy atom. The standard InChI is InChI=1S/C57H36N4/c1-4-16-37(17-5-1)51-36-58-61-55(40-18-6-2-7-19-40)54(48-26-14-15-27-49(48)56(51)61)39-30-28-38(29-31-39)52-35-53(60-57(59-52)41-20-8-3-9-21-41)42-32-33-47-45-24-11-10-22-43(45)44-23-12-13-25-46(44)50(47)34-42/h1-36H. The fraction of sp³-hybridized carbons (Fsp3) is 0. The summed E-state index contributed by atoms with van der Waals surface area (Å²) in [5.74, 6) is 0.691. The van der Waals surface area contributed by atoms with E-state index in [1.165, 1.54) is 37.7 Å². The lowest BCUT2D eigenvalue weighted by Crippen LogP contribution is -2.00. The van der Waals surface area contributed by atoms with Crippen molar-refractivity contribution >= 4 is 48.6 Å². The number of hydrogen-bond donors (Lipinski definition) is 0. The Morgan fingerprint density at radius 2 is 0.770 bits per heavy atom. The molecule has 3 heterocycles. The molecule has 4 heteroatoms. The molecular weight excluding hydrogens is 741 g/mol. The van der Waals surface area contributed by atoms with Crippen molar-refractivity contribution in [1.29, 1.82) is 0 Å². The Hall–Kier alpha value is -8.21. The van der Waals surface area contributed by atoms with E-state index < -0.39 is 0 Å². The zero-order chi connectivity index (χ0) is 40.3. The molecule has 284 valence electrons. The molecule has 12 rings (SSSR count). The van der Waals surface area contributed by atoms with Gasteiger partial charge in [0.05, 0.1) is 28.8 Å². The van der Waals surface area contributed by atoms with Gasteiger partial charge < -0.3 is 0 Å². The van der Waals surface area contributed by atoms with Crippen LogP contribution in [0.3, 0.4) is 0 Å². The predicted octanol–water partition coefficient (Wildman–Crippen LogP) is 14.7. The van der Waals surface area contributed by atoms with Crippen LogP contribution >= 0.6 is 0 Å². The van der Waals surface area contributed by atoms with Gasteiger partial charge in [-0.15, -0.1) is 0 Å². The predicted molar refractivity (Wildman–Crippen MR) is 253 cm³/mol. The summed E-state index contributed by atoms with van der Waals surface area (Å²) in [6, 6.07) is 75.3. The van der Waals surface area contributed by atoms with E-state index in [0.29, 0.717) is 5.82 Å². The van der Waals surface area contributed by atoms with Crippen LogP contribution in [0.4, 0.5) is 0 Å². The molecule has 12 aromatic rings.